The molecule has 0 amide bonds. The molecule has 3 rings (SSSR count). The lowest BCUT2D eigenvalue weighted by Gasteiger charge is -2.44. The van der Waals surface area contributed by atoms with Crippen LogP contribution < -0.4 is 14.0 Å². The first-order valence-electron chi connectivity index (χ1n) is 12.7. The molecule has 5 nitrogen and oxygen atoms in total. The molecule has 0 N–H and O–H groups in total. The summed E-state index contributed by atoms with van der Waals surface area (Å²) in [6.45, 7) is 3.28. The molecule has 1 atom stereocenters. The van der Waals surface area contributed by atoms with Crippen LogP contribution in [0.3, 0.4) is 0 Å². The van der Waals surface area contributed by atoms with Gasteiger partial charge in [0.1, 0.15) is 17.2 Å². The van der Waals surface area contributed by atoms with Gasteiger partial charge in [-0.05, 0) is 73.7 Å². The Morgan fingerprint density at radius 2 is 1.00 bits per heavy atom. The molecule has 0 spiro atoms. The van der Waals surface area contributed by atoms with Crippen LogP contribution in [0.4, 0.5) is 39.5 Å². The predicted octanol–water partition coefficient (Wildman–Crippen LogP) is 8.18. The molecule has 0 bridgehead atoms. The van der Waals surface area contributed by atoms with Crippen LogP contribution in [0.1, 0.15) is 36.1 Å². The van der Waals surface area contributed by atoms with E-state index in [0.717, 1.165) is 66.7 Å². The van der Waals surface area contributed by atoms with Crippen LogP contribution in [0.5, 0.6) is 17.2 Å². The van der Waals surface area contributed by atoms with E-state index in [4.69, 9.17) is 18.7 Å². The Bertz CT molecular complexity index is 1310. The van der Waals surface area contributed by atoms with Crippen molar-refractivity contribution in [2.75, 3.05) is 27.7 Å². The van der Waals surface area contributed by atoms with Crippen molar-refractivity contribution in [1.82, 2.24) is 0 Å². The minimum Gasteiger partial charge on any atom is -0.490 e. The highest BCUT2D eigenvalue weighted by Gasteiger charge is 2.46. The molecular formula is C28H28BF9NO4+. The van der Waals surface area contributed by atoms with Crippen LogP contribution in [0.15, 0.2) is 66.7 Å². The van der Waals surface area contributed by atoms with Gasteiger partial charge in [-0.1, -0.05) is 0 Å². The van der Waals surface area contributed by atoms with Gasteiger partial charge in [0.25, 0.3) is 0 Å². The van der Waals surface area contributed by atoms with E-state index in [1.165, 1.54) is 0 Å². The molecule has 0 fully saturated rings. The molecule has 43 heavy (non-hydrogen) atoms. The summed E-state index contributed by atoms with van der Waals surface area (Å²) in [5.74, 6) is -0.601. The van der Waals surface area contributed by atoms with Crippen molar-refractivity contribution in [3.8, 4) is 17.2 Å². The second-order valence-electron chi connectivity index (χ2n) is 10.3. The van der Waals surface area contributed by atoms with E-state index in [2.05, 4.69) is 0 Å². The van der Waals surface area contributed by atoms with E-state index in [1.54, 1.807) is 35.0 Å². The van der Waals surface area contributed by atoms with Gasteiger partial charge in [0, 0.05) is 6.92 Å². The fraction of sp³-hybridized carbons (Fsp3) is 0.357. The van der Waals surface area contributed by atoms with Crippen LogP contribution in [0.25, 0.3) is 0 Å². The summed E-state index contributed by atoms with van der Waals surface area (Å²) >= 11 is 0. The van der Waals surface area contributed by atoms with Crippen LogP contribution in [0, 0.1) is 0 Å². The SMILES string of the molecule is CCOC(C)(c1cc(C(F)(F)F)ccc1OB(Oc1ccc(C(F)(F)F)cc1)Oc1ccc(C(F)(F)F)cc1)[N+](C)(C)C. The monoisotopic (exact) mass is 624 g/mol. The number of hydrogen-bond donors (Lipinski definition) is 0. The van der Waals surface area contributed by atoms with Gasteiger partial charge in [-0.25, -0.2) is 0 Å². The highest BCUT2D eigenvalue weighted by molar-refractivity contribution is 6.39. The molecule has 0 aromatic heterocycles. The Hall–Kier alpha value is -3.59. The molecule has 0 heterocycles. The lowest BCUT2D eigenvalue weighted by atomic mass is 9.96. The number of ether oxygens (including phenoxy) is 1. The second kappa shape index (κ2) is 12.2. The maximum atomic E-state index is 13.7. The summed E-state index contributed by atoms with van der Waals surface area (Å²) in [4.78, 5) is 0. The molecule has 3 aromatic carbocycles. The first-order chi connectivity index (χ1) is 19.6. The maximum absolute atomic E-state index is 13.7. The number of alkyl halides is 9. The van der Waals surface area contributed by atoms with Crippen molar-refractivity contribution >= 4 is 7.32 Å². The third-order valence-corrected chi connectivity index (χ3v) is 6.56. The third kappa shape index (κ3) is 8.28. The Labute approximate surface area is 242 Å². The van der Waals surface area contributed by atoms with Crippen molar-refractivity contribution in [2.24, 2.45) is 0 Å². The van der Waals surface area contributed by atoms with Gasteiger partial charge in [0.15, 0.2) is 0 Å². The summed E-state index contributed by atoms with van der Waals surface area (Å²) in [6, 6.07) is 9.29. The summed E-state index contributed by atoms with van der Waals surface area (Å²) < 4.78 is 142. The van der Waals surface area contributed by atoms with Gasteiger partial charge in [0.2, 0.25) is 5.72 Å². The molecule has 15 heteroatoms. The van der Waals surface area contributed by atoms with Crippen molar-refractivity contribution in [1.29, 1.82) is 0 Å². The van der Waals surface area contributed by atoms with E-state index in [1.807, 2.05) is 0 Å². The second-order valence-corrected chi connectivity index (χ2v) is 10.3. The zero-order valence-electron chi connectivity index (χ0n) is 23.6. The Kier molecular flexibility index (Phi) is 9.61. The topological polar surface area (TPSA) is 36.9 Å². The third-order valence-electron chi connectivity index (χ3n) is 6.56. The summed E-state index contributed by atoms with van der Waals surface area (Å²) in [5.41, 5.74) is -4.51. The van der Waals surface area contributed by atoms with Crippen molar-refractivity contribution in [2.45, 2.75) is 38.1 Å². The number of nitrogens with zero attached hydrogens (tertiary/aromatic N) is 1. The number of halogens is 9. The van der Waals surface area contributed by atoms with Crippen LogP contribution in [-0.2, 0) is 29.0 Å². The summed E-state index contributed by atoms with van der Waals surface area (Å²) in [5, 5.41) is 0. The standard InChI is InChI=1S/C28H28BF9NO4/c1-6-40-25(2,39(3,4)5)23-17-20(28(36,37)38)11-16-24(23)43-29(41-21-12-7-18(8-13-21)26(30,31)32)42-22-14-9-19(10-15-22)27(33,34)35/h7-17H,6H2,1-5H3/q+1. The molecule has 0 aliphatic carbocycles. The number of rotatable bonds is 10. The molecule has 3 aromatic rings. The van der Waals surface area contributed by atoms with Gasteiger partial charge >= 0.3 is 25.9 Å². The van der Waals surface area contributed by atoms with E-state index in [9.17, 15) is 39.5 Å². The quantitative estimate of drug-likeness (QED) is 0.0988. The first kappa shape index (κ1) is 33.9. The zero-order valence-corrected chi connectivity index (χ0v) is 23.6. The summed E-state index contributed by atoms with van der Waals surface area (Å²) in [6.07, 6.45) is -14.0. The molecule has 234 valence electrons. The van der Waals surface area contributed by atoms with E-state index in [0.29, 0.717) is 0 Å². The lowest BCUT2D eigenvalue weighted by molar-refractivity contribution is -0.958. The number of hydrogen-bond acceptors (Lipinski definition) is 4. The zero-order chi connectivity index (χ0) is 32.4. The van der Waals surface area contributed by atoms with E-state index in [-0.39, 0.29) is 33.9 Å². The molecule has 0 saturated carbocycles. The van der Waals surface area contributed by atoms with Gasteiger partial charge in [-0.2, -0.15) is 39.5 Å². The molecule has 0 saturated heterocycles. The average Bonchev–Trinajstić information content (AvgIpc) is 2.87. The first-order valence-corrected chi connectivity index (χ1v) is 12.7. The highest BCUT2D eigenvalue weighted by Crippen LogP contribution is 2.42. The fourth-order valence-corrected chi connectivity index (χ4v) is 3.93. The average molecular weight is 624 g/mol. The molecule has 0 radical (unpaired) electrons. The fourth-order valence-electron chi connectivity index (χ4n) is 3.93. The Morgan fingerprint density at radius 3 is 1.35 bits per heavy atom. The molecule has 1 unspecified atom stereocenters. The number of benzene rings is 3. The van der Waals surface area contributed by atoms with Gasteiger partial charge in [-0.3, -0.25) is 4.48 Å². The molecule has 0 aliphatic heterocycles. The van der Waals surface area contributed by atoms with Gasteiger partial charge < -0.3 is 18.7 Å². The normalized spacial score (nSPS) is 14.2. The predicted molar refractivity (Wildman–Crippen MR) is 139 cm³/mol. The highest BCUT2D eigenvalue weighted by atomic mass is 19.4. The Morgan fingerprint density at radius 1 is 0.605 bits per heavy atom. The Balaban J connectivity index is 2.10. The van der Waals surface area contributed by atoms with E-state index >= 15 is 0 Å². The minimum atomic E-state index is -4.74. The van der Waals surface area contributed by atoms with E-state index < -0.39 is 48.3 Å². The van der Waals surface area contributed by atoms with Crippen LogP contribution >= 0.6 is 0 Å². The lowest BCUT2D eigenvalue weighted by Crippen LogP contribution is -2.54. The van der Waals surface area contributed by atoms with Gasteiger partial charge in [0.05, 0.1) is 50.0 Å². The van der Waals surface area contributed by atoms with Crippen LogP contribution in [-0.4, -0.2) is 39.6 Å². The minimum absolute atomic E-state index is 0.0390. The number of quaternary nitrogens is 1. The largest absolute Gasteiger partial charge is 0.864 e. The summed E-state index contributed by atoms with van der Waals surface area (Å²) in [7, 11) is 3.14. The molecular weight excluding hydrogens is 596 g/mol. The van der Waals surface area contributed by atoms with Crippen LogP contribution in [0.2, 0.25) is 0 Å². The van der Waals surface area contributed by atoms with Crippen molar-refractivity contribution in [3.05, 3.63) is 89.0 Å². The van der Waals surface area contributed by atoms with Gasteiger partial charge in [-0.15, -0.1) is 0 Å². The smallest absolute Gasteiger partial charge is 0.490 e. The van der Waals surface area contributed by atoms with Crippen molar-refractivity contribution < 1.29 is 62.7 Å². The van der Waals surface area contributed by atoms with Crippen molar-refractivity contribution in [3.63, 3.8) is 0 Å². The molecule has 0 aliphatic rings. The maximum Gasteiger partial charge on any atom is 0.864 e.